The summed E-state index contributed by atoms with van der Waals surface area (Å²) in [5.74, 6) is 0.482. The van der Waals surface area contributed by atoms with Gasteiger partial charge >= 0.3 is 0 Å². The summed E-state index contributed by atoms with van der Waals surface area (Å²) in [5.41, 5.74) is 3.93. The lowest BCUT2D eigenvalue weighted by Crippen LogP contribution is -2.39. The molecule has 1 aromatic carbocycles. The van der Waals surface area contributed by atoms with E-state index in [0.717, 1.165) is 30.9 Å². The highest BCUT2D eigenvalue weighted by molar-refractivity contribution is 5.99. The number of amides is 1. The van der Waals surface area contributed by atoms with Crippen molar-refractivity contribution in [2.24, 2.45) is 13.0 Å². The first kappa shape index (κ1) is 14.2. The number of fused-ring (bicyclic) bond motifs is 2. The van der Waals surface area contributed by atoms with E-state index in [1.165, 1.54) is 18.4 Å². The number of aryl methyl sites for hydroxylation is 1. The molecule has 24 heavy (non-hydrogen) atoms. The standard InChI is InChI=1S/C19H22N4O/c1-22-11-13(8-21-22)14-9-20-10-15(14)18(24)23-12-19(6-7-19)16-4-2-3-5-17(16)23/h2-5,8,11,14-15,20H,6-7,9-10,12H2,1H3/t14-,15+/m1/s1. The van der Waals surface area contributed by atoms with Gasteiger partial charge in [-0.2, -0.15) is 5.10 Å². The van der Waals surface area contributed by atoms with Gasteiger partial charge in [0.25, 0.3) is 0 Å². The third-order valence-corrected chi connectivity index (χ3v) is 6.03. The minimum atomic E-state index is -0.00356. The van der Waals surface area contributed by atoms with Crippen molar-refractivity contribution in [2.75, 3.05) is 24.5 Å². The van der Waals surface area contributed by atoms with Crippen LogP contribution in [0.25, 0.3) is 0 Å². The summed E-state index contributed by atoms with van der Waals surface area (Å²) in [6.45, 7) is 2.47. The Balaban J connectivity index is 1.46. The fraction of sp³-hybridized carbons (Fsp3) is 0.474. The van der Waals surface area contributed by atoms with Crippen molar-refractivity contribution in [1.29, 1.82) is 0 Å². The first-order valence-corrected chi connectivity index (χ1v) is 8.78. The zero-order chi connectivity index (χ0) is 16.3. The highest BCUT2D eigenvalue weighted by atomic mass is 16.2. The van der Waals surface area contributed by atoms with Gasteiger partial charge in [-0.05, 0) is 30.0 Å². The maximum Gasteiger partial charge on any atom is 0.232 e. The Hall–Kier alpha value is -2.14. The number of nitrogens with one attached hydrogen (secondary N) is 1. The van der Waals surface area contributed by atoms with Crippen molar-refractivity contribution in [3.63, 3.8) is 0 Å². The fourth-order valence-electron chi connectivity index (χ4n) is 4.53. The molecule has 1 saturated carbocycles. The van der Waals surface area contributed by atoms with Gasteiger partial charge in [0.15, 0.2) is 0 Å². The third kappa shape index (κ3) is 1.97. The average molecular weight is 322 g/mol. The van der Waals surface area contributed by atoms with Gasteiger partial charge in [-0.3, -0.25) is 9.48 Å². The van der Waals surface area contributed by atoms with E-state index in [1.54, 1.807) is 0 Å². The molecule has 0 bridgehead atoms. The highest BCUT2D eigenvalue weighted by Gasteiger charge is 2.54. The number of carbonyl (C=O) groups excluding carboxylic acids is 1. The second-order valence-electron chi connectivity index (χ2n) is 7.54. The summed E-state index contributed by atoms with van der Waals surface area (Å²) in [4.78, 5) is 15.4. The van der Waals surface area contributed by atoms with E-state index in [0.29, 0.717) is 0 Å². The Labute approximate surface area is 141 Å². The van der Waals surface area contributed by atoms with E-state index < -0.39 is 0 Å². The van der Waals surface area contributed by atoms with Gasteiger partial charge in [-0.1, -0.05) is 18.2 Å². The molecule has 1 aromatic heterocycles. The summed E-state index contributed by atoms with van der Waals surface area (Å²) in [6.07, 6.45) is 6.36. The molecule has 0 unspecified atom stereocenters. The van der Waals surface area contributed by atoms with Crippen LogP contribution in [0, 0.1) is 5.92 Å². The lowest BCUT2D eigenvalue weighted by Gasteiger charge is -2.24. The summed E-state index contributed by atoms with van der Waals surface area (Å²) < 4.78 is 1.82. The normalized spacial score (nSPS) is 26.8. The van der Waals surface area contributed by atoms with Gasteiger partial charge in [0.2, 0.25) is 5.91 Å². The van der Waals surface area contributed by atoms with Crippen molar-refractivity contribution in [2.45, 2.75) is 24.2 Å². The van der Waals surface area contributed by atoms with Crippen molar-refractivity contribution in [3.8, 4) is 0 Å². The second-order valence-corrected chi connectivity index (χ2v) is 7.54. The van der Waals surface area contributed by atoms with Crippen molar-refractivity contribution < 1.29 is 4.79 Å². The van der Waals surface area contributed by atoms with Crippen LogP contribution in [0.2, 0.25) is 0 Å². The van der Waals surface area contributed by atoms with E-state index in [-0.39, 0.29) is 23.2 Å². The van der Waals surface area contributed by atoms with E-state index in [4.69, 9.17) is 0 Å². The van der Waals surface area contributed by atoms with Crippen LogP contribution in [0.4, 0.5) is 5.69 Å². The minimum Gasteiger partial charge on any atom is -0.315 e. The number of hydrogen-bond acceptors (Lipinski definition) is 3. The van der Waals surface area contributed by atoms with Crippen LogP contribution < -0.4 is 10.2 Å². The summed E-state index contributed by atoms with van der Waals surface area (Å²) in [5, 5.41) is 7.70. The van der Waals surface area contributed by atoms with E-state index in [1.807, 2.05) is 30.2 Å². The molecule has 1 aliphatic carbocycles. The molecule has 2 aliphatic heterocycles. The second kappa shape index (κ2) is 4.93. The number of nitrogens with zero attached hydrogens (tertiary/aromatic N) is 3. The average Bonchev–Trinajstić information content (AvgIpc) is 2.94. The van der Waals surface area contributed by atoms with Crippen LogP contribution in [0.5, 0.6) is 0 Å². The van der Waals surface area contributed by atoms with Crippen LogP contribution in [0.1, 0.15) is 29.9 Å². The Bertz CT molecular complexity index is 807. The Morgan fingerprint density at radius 2 is 2.12 bits per heavy atom. The Morgan fingerprint density at radius 3 is 2.88 bits per heavy atom. The largest absolute Gasteiger partial charge is 0.315 e. The maximum absolute atomic E-state index is 13.4. The SMILES string of the molecule is Cn1cc([C@H]2CNC[C@@H]2C(=O)N2CC3(CC3)c3ccccc32)cn1. The first-order valence-electron chi connectivity index (χ1n) is 8.78. The van der Waals surface area contributed by atoms with Gasteiger partial charge in [-0.15, -0.1) is 0 Å². The number of benzene rings is 1. The van der Waals surface area contributed by atoms with Gasteiger partial charge in [0.05, 0.1) is 12.1 Å². The number of anilines is 1. The van der Waals surface area contributed by atoms with Crippen LogP contribution in [-0.4, -0.2) is 35.3 Å². The van der Waals surface area contributed by atoms with Crippen LogP contribution >= 0.6 is 0 Å². The van der Waals surface area contributed by atoms with E-state index in [2.05, 4.69) is 33.5 Å². The molecule has 5 nitrogen and oxygen atoms in total. The summed E-state index contributed by atoms with van der Waals surface area (Å²) in [7, 11) is 1.93. The number of carbonyl (C=O) groups is 1. The summed E-state index contributed by atoms with van der Waals surface area (Å²) >= 11 is 0. The van der Waals surface area contributed by atoms with Gasteiger partial charge in [0.1, 0.15) is 0 Å². The predicted molar refractivity (Wildman–Crippen MR) is 92.0 cm³/mol. The molecular weight excluding hydrogens is 300 g/mol. The molecule has 2 atom stereocenters. The molecule has 2 aromatic rings. The van der Waals surface area contributed by atoms with Crippen LogP contribution in [0.15, 0.2) is 36.7 Å². The third-order valence-electron chi connectivity index (χ3n) is 6.03. The molecule has 3 heterocycles. The predicted octanol–water partition coefficient (Wildman–Crippen LogP) is 1.80. The number of para-hydroxylation sites is 1. The number of hydrogen-bond donors (Lipinski definition) is 1. The van der Waals surface area contributed by atoms with Crippen LogP contribution in [0.3, 0.4) is 0 Å². The van der Waals surface area contributed by atoms with E-state index >= 15 is 0 Å². The molecule has 2 fully saturated rings. The maximum atomic E-state index is 13.4. The lowest BCUT2D eigenvalue weighted by molar-refractivity contribution is -0.122. The molecule has 1 saturated heterocycles. The van der Waals surface area contributed by atoms with Gasteiger partial charge in [-0.25, -0.2) is 0 Å². The van der Waals surface area contributed by atoms with Crippen molar-refractivity contribution in [1.82, 2.24) is 15.1 Å². The first-order chi connectivity index (χ1) is 11.7. The number of aromatic nitrogens is 2. The van der Waals surface area contributed by atoms with Gasteiger partial charge in [0, 0.05) is 49.9 Å². The topological polar surface area (TPSA) is 50.2 Å². The molecule has 1 amide bonds. The zero-order valence-corrected chi connectivity index (χ0v) is 13.9. The Kier molecular flexibility index (Phi) is 2.92. The molecule has 5 rings (SSSR count). The number of rotatable bonds is 2. The minimum absolute atomic E-state index is 0.00356. The molecule has 1 spiro atoms. The molecule has 5 heteroatoms. The molecule has 124 valence electrons. The molecule has 0 radical (unpaired) electrons. The zero-order valence-electron chi connectivity index (χ0n) is 13.9. The quantitative estimate of drug-likeness (QED) is 0.917. The van der Waals surface area contributed by atoms with Crippen LogP contribution in [-0.2, 0) is 17.3 Å². The smallest absolute Gasteiger partial charge is 0.232 e. The van der Waals surface area contributed by atoms with Crippen molar-refractivity contribution >= 4 is 11.6 Å². The van der Waals surface area contributed by atoms with Gasteiger partial charge < -0.3 is 10.2 Å². The summed E-state index contributed by atoms with van der Waals surface area (Å²) in [6, 6.07) is 8.47. The highest BCUT2D eigenvalue weighted by Crippen LogP contribution is 2.56. The molecular formula is C19H22N4O. The molecule has 1 N–H and O–H groups in total. The van der Waals surface area contributed by atoms with Crippen molar-refractivity contribution in [3.05, 3.63) is 47.8 Å². The Morgan fingerprint density at radius 1 is 1.29 bits per heavy atom. The fourth-order valence-corrected chi connectivity index (χ4v) is 4.53. The van der Waals surface area contributed by atoms with E-state index in [9.17, 15) is 4.79 Å². The lowest BCUT2D eigenvalue weighted by atomic mass is 9.89. The molecule has 3 aliphatic rings. The monoisotopic (exact) mass is 322 g/mol.